The van der Waals surface area contributed by atoms with Gasteiger partial charge >= 0.3 is 0 Å². The molecule has 0 bridgehead atoms. The summed E-state index contributed by atoms with van der Waals surface area (Å²) in [6.07, 6.45) is 1.47. The molecule has 5 heteroatoms. The van der Waals surface area contributed by atoms with Gasteiger partial charge < -0.3 is 14.8 Å². The standard InChI is InChI=1S/C26H30N2O3/c1-20(23-11-7-21(8-12-23)18-27-15-4-16-29)28-31-19-22-9-13-24(14-10-22)25-5-3-6-26(17-25)30-2/h3,5-14,16-17,20,27-28H,4,15,18-19H2,1-2H3. The summed E-state index contributed by atoms with van der Waals surface area (Å²) in [7, 11) is 1.68. The zero-order chi connectivity index (χ0) is 21.9. The SMILES string of the molecule is COc1cccc(-c2ccc(CONC(C)c3ccc(CNCCC=O)cc3)cc2)c1. The predicted molar refractivity (Wildman–Crippen MR) is 124 cm³/mol. The Hall–Kier alpha value is -2.99. The average Bonchev–Trinajstić information content (AvgIpc) is 2.82. The van der Waals surface area contributed by atoms with Crippen LogP contribution in [0.3, 0.4) is 0 Å². The van der Waals surface area contributed by atoms with E-state index in [-0.39, 0.29) is 6.04 Å². The van der Waals surface area contributed by atoms with Gasteiger partial charge in [0.1, 0.15) is 12.0 Å². The topological polar surface area (TPSA) is 59.6 Å². The molecule has 0 radical (unpaired) electrons. The van der Waals surface area contributed by atoms with E-state index in [0.717, 1.165) is 40.8 Å². The van der Waals surface area contributed by atoms with Crippen LogP contribution in [-0.4, -0.2) is 19.9 Å². The lowest BCUT2D eigenvalue weighted by Gasteiger charge is -2.15. The van der Waals surface area contributed by atoms with Gasteiger partial charge in [-0.15, -0.1) is 0 Å². The smallest absolute Gasteiger partial charge is 0.121 e. The van der Waals surface area contributed by atoms with E-state index in [9.17, 15) is 4.79 Å². The minimum atomic E-state index is 0.0770. The van der Waals surface area contributed by atoms with Gasteiger partial charge in [-0.3, -0.25) is 4.84 Å². The van der Waals surface area contributed by atoms with Crippen LogP contribution in [0.5, 0.6) is 5.75 Å². The third-order valence-electron chi connectivity index (χ3n) is 5.10. The molecule has 162 valence electrons. The molecule has 0 saturated heterocycles. The molecule has 5 nitrogen and oxygen atoms in total. The number of aldehydes is 1. The van der Waals surface area contributed by atoms with Gasteiger partial charge in [0.25, 0.3) is 0 Å². The monoisotopic (exact) mass is 418 g/mol. The fourth-order valence-corrected chi connectivity index (χ4v) is 3.23. The summed E-state index contributed by atoms with van der Waals surface area (Å²) < 4.78 is 5.30. The first-order valence-corrected chi connectivity index (χ1v) is 10.5. The number of methoxy groups -OCH3 is 1. The molecule has 2 N–H and O–H groups in total. The number of hydrogen-bond donors (Lipinski definition) is 2. The van der Waals surface area contributed by atoms with E-state index in [1.54, 1.807) is 7.11 Å². The lowest BCUT2D eigenvalue weighted by molar-refractivity contribution is -0.107. The van der Waals surface area contributed by atoms with Crippen LogP contribution in [0.25, 0.3) is 11.1 Å². The molecule has 1 atom stereocenters. The molecule has 0 aliphatic rings. The summed E-state index contributed by atoms with van der Waals surface area (Å²) in [6.45, 7) is 4.03. The van der Waals surface area contributed by atoms with Crippen LogP contribution in [0.1, 0.15) is 36.1 Å². The van der Waals surface area contributed by atoms with Gasteiger partial charge in [0.05, 0.1) is 19.8 Å². The van der Waals surface area contributed by atoms with Crippen LogP contribution >= 0.6 is 0 Å². The van der Waals surface area contributed by atoms with Gasteiger partial charge in [-0.2, -0.15) is 5.48 Å². The summed E-state index contributed by atoms with van der Waals surface area (Å²) in [5.41, 5.74) is 8.84. The highest BCUT2D eigenvalue weighted by atomic mass is 16.6. The van der Waals surface area contributed by atoms with E-state index in [2.05, 4.69) is 72.3 Å². The lowest BCUT2D eigenvalue weighted by Crippen LogP contribution is -2.19. The minimum absolute atomic E-state index is 0.0770. The van der Waals surface area contributed by atoms with Gasteiger partial charge in [-0.05, 0) is 46.9 Å². The fourth-order valence-electron chi connectivity index (χ4n) is 3.23. The number of rotatable bonds is 12. The molecule has 0 heterocycles. The number of carbonyl (C=O) groups excluding carboxylic acids is 1. The van der Waals surface area contributed by atoms with Gasteiger partial charge in [0.15, 0.2) is 0 Å². The van der Waals surface area contributed by atoms with Crippen LogP contribution in [0, 0.1) is 0 Å². The van der Waals surface area contributed by atoms with Crippen molar-refractivity contribution < 1.29 is 14.4 Å². The first kappa shape index (κ1) is 22.7. The van der Waals surface area contributed by atoms with Crippen molar-refractivity contribution in [2.24, 2.45) is 0 Å². The van der Waals surface area contributed by atoms with Crippen molar-refractivity contribution >= 4 is 6.29 Å². The second-order valence-corrected chi connectivity index (χ2v) is 7.43. The maximum atomic E-state index is 10.3. The molecule has 0 aliphatic carbocycles. The Morgan fingerprint density at radius 2 is 1.68 bits per heavy atom. The Morgan fingerprint density at radius 1 is 0.935 bits per heavy atom. The predicted octanol–water partition coefficient (Wildman–Crippen LogP) is 4.82. The summed E-state index contributed by atoms with van der Waals surface area (Å²) >= 11 is 0. The Labute approximate surface area is 184 Å². The van der Waals surface area contributed by atoms with Crippen molar-refractivity contribution in [3.63, 3.8) is 0 Å². The third-order valence-corrected chi connectivity index (χ3v) is 5.10. The van der Waals surface area contributed by atoms with E-state index < -0.39 is 0 Å². The molecule has 31 heavy (non-hydrogen) atoms. The van der Waals surface area contributed by atoms with Crippen LogP contribution in [0.4, 0.5) is 0 Å². The van der Waals surface area contributed by atoms with E-state index in [0.29, 0.717) is 19.6 Å². The Kier molecular flexibility index (Phi) is 8.79. The molecule has 3 aromatic carbocycles. The van der Waals surface area contributed by atoms with E-state index in [1.807, 2.05) is 18.2 Å². The largest absolute Gasteiger partial charge is 0.497 e. The normalized spacial score (nSPS) is 11.8. The van der Waals surface area contributed by atoms with Gasteiger partial charge in [0, 0.05) is 19.5 Å². The van der Waals surface area contributed by atoms with Crippen LogP contribution < -0.4 is 15.5 Å². The molecular weight excluding hydrogens is 388 g/mol. The van der Waals surface area contributed by atoms with Crippen molar-refractivity contribution in [2.45, 2.75) is 32.5 Å². The Bertz CT molecular complexity index is 940. The van der Waals surface area contributed by atoms with Crippen molar-refractivity contribution in [2.75, 3.05) is 13.7 Å². The molecule has 0 aromatic heterocycles. The number of nitrogens with one attached hydrogen (secondary N) is 2. The van der Waals surface area contributed by atoms with Crippen LogP contribution in [0.15, 0.2) is 72.8 Å². The Balaban J connectivity index is 1.45. The van der Waals surface area contributed by atoms with Crippen molar-refractivity contribution in [3.8, 4) is 16.9 Å². The summed E-state index contributed by atoms with van der Waals surface area (Å²) in [4.78, 5) is 16.1. The molecule has 1 unspecified atom stereocenters. The molecule has 0 aliphatic heterocycles. The number of hydrogen-bond acceptors (Lipinski definition) is 5. The molecule has 3 aromatic rings. The second-order valence-electron chi connectivity index (χ2n) is 7.43. The van der Waals surface area contributed by atoms with Crippen LogP contribution in [-0.2, 0) is 22.8 Å². The molecular formula is C26H30N2O3. The molecule has 0 spiro atoms. The van der Waals surface area contributed by atoms with Crippen molar-refractivity contribution in [3.05, 3.63) is 89.5 Å². The second kappa shape index (κ2) is 12.0. The van der Waals surface area contributed by atoms with Gasteiger partial charge in [-0.25, -0.2) is 0 Å². The van der Waals surface area contributed by atoms with Gasteiger partial charge in [-0.1, -0.05) is 60.7 Å². The fraction of sp³-hybridized carbons (Fsp3) is 0.269. The molecule has 0 amide bonds. The summed E-state index contributed by atoms with van der Waals surface area (Å²) in [5.74, 6) is 0.852. The first-order chi connectivity index (χ1) is 15.2. The van der Waals surface area contributed by atoms with Crippen molar-refractivity contribution in [1.29, 1.82) is 0 Å². The highest BCUT2D eigenvalue weighted by molar-refractivity contribution is 5.65. The average molecular weight is 419 g/mol. The van der Waals surface area contributed by atoms with E-state index in [4.69, 9.17) is 9.57 Å². The van der Waals surface area contributed by atoms with Crippen LogP contribution in [0.2, 0.25) is 0 Å². The molecule has 0 fully saturated rings. The summed E-state index contributed by atoms with van der Waals surface area (Å²) in [6, 6.07) is 24.8. The van der Waals surface area contributed by atoms with E-state index in [1.165, 1.54) is 5.56 Å². The maximum Gasteiger partial charge on any atom is 0.121 e. The van der Waals surface area contributed by atoms with E-state index >= 15 is 0 Å². The third kappa shape index (κ3) is 7.03. The zero-order valence-electron chi connectivity index (χ0n) is 18.1. The number of carbonyl (C=O) groups is 1. The highest BCUT2D eigenvalue weighted by Gasteiger charge is 2.06. The maximum absolute atomic E-state index is 10.3. The Morgan fingerprint density at radius 3 is 2.39 bits per heavy atom. The zero-order valence-corrected chi connectivity index (χ0v) is 18.1. The van der Waals surface area contributed by atoms with Gasteiger partial charge in [0.2, 0.25) is 0 Å². The number of benzene rings is 3. The number of hydroxylamine groups is 1. The lowest BCUT2D eigenvalue weighted by atomic mass is 10.0. The quantitative estimate of drug-likeness (QED) is 0.251. The summed E-state index contributed by atoms with van der Waals surface area (Å²) in [5, 5.41) is 3.25. The molecule has 3 rings (SSSR count). The highest BCUT2D eigenvalue weighted by Crippen LogP contribution is 2.24. The molecule has 0 saturated carbocycles. The first-order valence-electron chi connectivity index (χ1n) is 10.5. The van der Waals surface area contributed by atoms with Crippen molar-refractivity contribution in [1.82, 2.24) is 10.8 Å². The number of ether oxygens (including phenoxy) is 1. The minimum Gasteiger partial charge on any atom is -0.497 e.